The highest BCUT2D eigenvalue weighted by atomic mass is 16.5. The summed E-state index contributed by atoms with van der Waals surface area (Å²) in [5.41, 5.74) is 1.65. The lowest BCUT2D eigenvalue weighted by Crippen LogP contribution is -2.50. The molecule has 0 spiro atoms. The summed E-state index contributed by atoms with van der Waals surface area (Å²) in [6.45, 7) is 3.66. The van der Waals surface area contributed by atoms with Gasteiger partial charge in [0, 0.05) is 24.3 Å². The molecule has 2 aromatic carbocycles. The van der Waals surface area contributed by atoms with Crippen molar-refractivity contribution in [1.82, 2.24) is 15.0 Å². The summed E-state index contributed by atoms with van der Waals surface area (Å²) in [5.74, 6) is 1.99. The molecule has 1 N–H and O–H groups in total. The number of nitrogens with zero attached hydrogens (tertiary/aromatic N) is 3. The van der Waals surface area contributed by atoms with E-state index in [4.69, 9.17) is 9.26 Å². The standard InChI is InChI=1S/C20H20N4O3/c1-2-26-17-10-8-16(9-11-17)21-20(25)24-12-15(13-24)19-22-18(23-27-19)14-6-4-3-5-7-14/h3-11,15H,2,12-13H2,1H3,(H,21,25). The second kappa shape index (κ2) is 7.49. The van der Waals surface area contributed by atoms with E-state index in [0.29, 0.717) is 31.4 Å². The molecule has 0 atom stereocenters. The van der Waals surface area contributed by atoms with Gasteiger partial charge in [-0.2, -0.15) is 4.98 Å². The van der Waals surface area contributed by atoms with Crippen molar-refractivity contribution in [1.29, 1.82) is 0 Å². The minimum Gasteiger partial charge on any atom is -0.494 e. The minimum atomic E-state index is -0.141. The van der Waals surface area contributed by atoms with Crippen LogP contribution >= 0.6 is 0 Å². The fourth-order valence-corrected chi connectivity index (χ4v) is 2.91. The molecular formula is C20H20N4O3. The van der Waals surface area contributed by atoms with E-state index >= 15 is 0 Å². The molecule has 7 heteroatoms. The number of urea groups is 1. The number of rotatable bonds is 5. The maximum Gasteiger partial charge on any atom is 0.321 e. The normalized spacial score (nSPS) is 13.9. The number of amides is 2. The average Bonchev–Trinajstić information content (AvgIpc) is 3.13. The minimum absolute atomic E-state index is 0.0704. The van der Waals surface area contributed by atoms with Gasteiger partial charge in [-0.1, -0.05) is 35.5 Å². The molecule has 1 aliphatic heterocycles. The van der Waals surface area contributed by atoms with Crippen LogP contribution in [0.1, 0.15) is 18.7 Å². The van der Waals surface area contributed by atoms with Gasteiger partial charge in [0.1, 0.15) is 5.75 Å². The molecule has 138 valence electrons. The van der Waals surface area contributed by atoms with Crippen molar-refractivity contribution in [3.8, 4) is 17.1 Å². The molecule has 3 aromatic rings. The molecule has 7 nitrogen and oxygen atoms in total. The first-order valence-electron chi connectivity index (χ1n) is 8.90. The zero-order valence-electron chi connectivity index (χ0n) is 15.0. The van der Waals surface area contributed by atoms with Crippen molar-refractivity contribution in [2.45, 2.75) is 12.8 Å². The zero-order chi connectivity index (χ0) is 18.6. The predicted molar refractivity (Wildman–Crippen MR) is 101 cm³/mol. The fourth-order valence-electron chi connectivity index (χ4n) is 2.91. The molecule has 27 heavy (non-hydrogen) atoms. The Morgan fingerprint density at radius 3 is 2.63 bits per heavy atom. The predicted octanol–water partition coefficient (Wildman–Crippen LogP) is 3.77. The van der Waals surface area contributed by atoms with E-state index in [1.165, 1.54) is 0 Å². The number of likely N-dealkylation sites (tertiary alicyclic amines) is 1. The van der Waals surface area contributed by atoms with Crippen molar-refractivity contribution >= 4 is 11.7 Å². The topological polar surface area (TPSA) is 80.5 Å². The highest BCUT2D eigenvalue weighted by Gasteiger charge is 2.35. The smallest absolute Gasteiger partial charge is 0.321 e. The lowest BCUT2D eigenvalue weighted by molar-refractivity contribution is 0.147. The summed E-state index contributed by atoms with van der Waals surface area (Å²) in [5, 5.41) is 6.91. The molecular weight excluding hydrogens is 344 g/mol. The third-order valence-electron chi connectivity index (χ3n) is 4.41. The summed E-state index contributed by atoms with van der Waals surface area (Å²) in [6, 6.07) is 16.9. The molecule has 2 amide bonds. The summed E-state index contributed by atoms with van der Waals surface area (Å²) in [7, 11) is 0. The largest absolute Gasteiger partial charge is 0.494 e. The number of nitrogens with one attached hydrogen (secondary N) is 1. The summed E-state index contributed by atoms with van der Waals surface area (Å²) >= 11 is 0. The van der Waals surface area contributed by atoms with Crippen LogP contribution in [0.25, 0.3) is 11.4 Å². The molecule has 0 aliphatic carbocycles. The van der Waals surface area contributed by atoms with E-state index in [2.05, 4.69) is 15.5 Å². The van der Waals surface area contributed by atoms with Gasteiger partial charge >= 0.3 is 6.03 Å². The van der Waals surface area contributed by atoms with Crippen LogP contribution in [0.5, 0.6) is 5.75 Å². The molecule has 0 saturated carbocycles. The molecule has 0 radical (unpaired) electrons. The first-order chi connectivity index (χ1) is 13.2. The number of ether oxygens (including phenoxy) is 1. The second-order valence-corrected chi connectivity index (χ2v) is 6.31. The Balaban J connectivity index is 1.31. The highest BCUT2D eigenvalue weighted by Crippen LogP contribution is 2.28. The Morgan fingerprint density at radius 2 is 1.93 bits per heavy atom. The summed E-state index contributed by atoms with van der Waals surface area (Å²) in [4.78, 5) is 18.5. The molecule has 0 bridgehead atoms. The van der Waals surface area contributed by atoms with Gasteiger partial charge < -0.3 is 19.5 Å². The number of aromatic nitrogens is 2. The molecule has 1 aromatic heterocycles. The van der Waals surface area contributed by atoms with Gasteiger partial charge in [-0.3, -0.25) is 0 Å². The van der Waals surface area contributed by atoms with Crippen LogP contribution in [0, 0.1) is 0 Å². The van der Waals surface area contributed by atoms with Gasteiger partial charge in [-0.05, 0) is 31.2 Å². The first kappa shape index (κ1) is 17.1. The zero-order valence-corrected chi connectivity index (χ0v) is 15.0. The van der Waals surface area contributed by atoms with Crippen LogP contribution in [0.4, 0.5) is 10.5 Å². The SMILES string of the molecule is CCOc1ccc(NC(=O)N2CC(c3nc(-c4ccccc4)no3)C2)cc1. The molecule has 2 heterocycles. The van der Waals surface area contributed by atoms with Crippen LogP contribution in [0.3, 0.4) is 0 Å². The average molecular weight is 364 g/mol. The van der Waals surface area contributed by atoms with E-state index < -0.39 is 0 Å². The van der Waals surface area contributed by atoms with Crippen molar-refractivity contribution in [3.05, 3.63) is 60.5 Å². The van der Waals surface area contributed by atoms with Crippen molar-refractivity contribution in [2.75, 3.05) is 25.0 Å². The van der Waals surface area contributed by atoms with Gasteiger partial charge in [0.25, 0.3) is 0 Å². The monoisotopic (exact) mass is 364 g/mol. The summed E-state index contributed by atoms with van der Waals surface area (Å²) < 4.78 is 10.8. The van der Waals surface area contributed by atoms with E-state index in [1.54, 1.807) is 4.90 Å². The summed E-state index contributed by atoms with van der Waals surface area (Å²) in [6.07, 6.45) is 0. The van der Waals surface area contributed by atoms with Gasteiger partial charge in [-0.15, -0.1) is 0 Å². The fraction of sp³-hybridized carbons (Fsp3) is 0.250. The maximum atomic E-state index is 12.3. The number of carbonyl (C=O) groups is 1. The first-order valence-corrected chi connectivity index (χ1v) is 8.90. The van der Waals surface area contributed by atoms with Crippen LogP contribution in [0.2, 0.25) is 0 Å². The lowest BCUT2D eigenvalue weighted by atomic mass is 10.0. The Morgan fingerprint density at radius 1 is 1.19 bits per heavy atom. The van der Waals surface area contributed by atoms with Crippen LogP contribution in [0.15, 0.2) is 59.1 Å². The van der Waals surface area contributed by atoms with Crippen LogP contribution in [-0.2, 0) is 0 Å². The molecule has 1 fully saturated rings. The third-order valence-corrected chi connectivity index (χ3v) is 4.41. The van der Waals surface area contributed by atoms with Crippen LogP contribution < -0.4 is 10.1 Å². The Kier molecular flexibility index (Phi) is 4.74. The Bertz CT molecular complexity index is 902. The van der Waals surface area contributed by atoms with Gasteiger partial charge in [0.15, 0.2) is 0 Å². The lowest BCUT2D eigenvalue weighted by Gasteiger charge is -2.36. The maximum absolute atomic E-state index is 12.3. The number of anilines is 1. The quantitative estimate of drug-likeness (QED) is 0.745. The van der Waals surface area contributed by atoms with E-state index in [1.807, 2.05) is 61.5 Å². The van der Waals surface area contributed by atoms with Gasteiger partial charge in [-0.25, -0.2) is 4.79 Å². The number of hydrogen-bond donors (Lipinski definition) is 1. The number of benzene rings is 2. The van der Waals surface area contributed by atoms with E-state index in [9.17, 15) is 4.79 Å². The van der Waals surface area contributed by atoms with Crippen molar-refractivity contribution < 1.29 is 14.1 Å². The van der Waals surface area contributed by atoms with Crippen molar-refractivity contribution in [2.24, 2.45) is 0 Å². The molecule has 4 rings (SSSR count). The van der Waals surface area contributed by atoms with Crippen LogP contribution in [-0.4, -0.2) is 40.8 Å². The number of carbonyl (C=O) groups excluding carboxylic acids is 1. The van der Waals surface area contributed by atoms with Crippen molar-refractivity contribution in [3.63, 3.8) is 0 Å². The molecule has 1 aliphatic rings. The van der Waals surface area contributed by atoms with Gasteiger partial charge in [0.05, 0.1) is 12.5 Å². The Labute approximate surface area is 156 Å². The van der Waals surface area contributed by atoms with Gasteiger partial charge in [0.2, 0.25) is 11.7 Å². The highest BCUT2D eigenvalue weighted by molar-refractivity contribution is 5.90. The van der Waals surface area contributed by atoms with E-state index in [0.717, 1.165) is 17.0 Å². The van der Waals surface area contributed by atoms with E-state index in [-0.39, 0.29) is 11.9 Å². The number of hydrogen-bond acceptors (Lipinski definition) is 5. The Hall–Kier alpha value is -3.35. The second-order valence-electron chi connectivity index (χ2n) is 6.31. The third kappa shape index (κ3) is 3.76. The molecule has 1 saturated heterocycles. The molecule has 0 unspecified atom stereocenters.